The number of carbonyl (C=O) groups is 2. The number of rotatable bonds is 4. The molecule has 0 radical (unpaired) electrons. The van der Waals surface area contributed by atoms with Crippen molar-refractivity contribution >= 4 is 23.3 Å². The van der Waals surface area contributed by atoms with Gasteiger partial charge in [0, 0.05) is 12.5 Å². The predicted molar refractivity (Wildman–Crippen MR) is 84.4 cm³/mol. The third-order valence-electron chi connectivity index (χ3n) is 4.06. The Morgan fingerprint density at radius 2 is 2.13 bits per heavy atom. The molecule has 7 heteroatoms. The lowest BCUT2D eigenvalue weighted by Crippen LogP contribution is -2.52. The Labute approximate surface area is 134 Å². The van der Waals surface area contributed by atoms with Crippen molar-refractivity contribution in [3.8, 4) is 5.75 Å². The van der Waals surface area contributed by atoms with Gasteiger partial charge in [-0.05, 0) is 37.6 Å². The summed E-state index contributed by atoms with van der Waals surface area (Å²) in [5, 5.41) is 8.84. The number of ether oxygens (including phenoxy) is 2. The van der Waals surface area contributed by atoms with E-state index >= 15 is 0 Å². The molecule has 7 nitrogen and oxygen atoms in total. The Morgan fingerprint density at radius 1 is 1.39 bits per heavy atom. The van der Waals surface area contributed by atoms with E-state index in [-0.39, 0.29) is 18.4 Å². The quantitative estimate of drug-likeness (QED) is 0.836. The van der Waals surface area contributed by atoms with Crippen molar-refractivity contribution in [2.45, 2.75) is 19.4 Å². The summed E-state index contributed by atoms with van der Waals surface area (Å²) >= 11 is 0. The van der Waals surface area contributed by atoms with Gasteiger partial charge in [0.05, 0.1) is 19.4 Å². The van der Waals surface area contributed by atoms with Gasteiger partial charge in [0.2, 0.25) is 5.91 Å². The molecule has 1 aromatic rings. The molecule has 0 aromatic heterocycles. The molecule has 3 rings (SSSR count). The third kappa shape index (κ3) is 2.74. The summed E-state index contributed by atoms with van der Waals surface area (Å²) in [7, 11) is 1.59. The first-order valence-electron chi connectivity index (χ1n) is 7.62. The van der Waals surface area contributed by atoms with Gasteiger partial charge >= 0.3 is 5.97 Å². The monoisotopic (exact) mass is 317 g/mol. The van der Waals surface area contributed by atoms with Crippen LogP contribution in [-0.4, -0.2) is 43.9 Å². The Balaban J connectivity index is 1.95. The molecule has 0 bridgehead atoms. The van der Waals surface area contributed by atoms with Crippen LogP contribution in [-0.2, 0) is 14.3 Å². The van der Waals surface area contributed by atoms with Crippen LogP contribution in [0, 0.1) is 5.92 Å². The van der Waals surface area contributed by atoms with Crippen molar-refractivity contribution in [1.82, 2.24) is 5.32 Å². The highest BCUT2D eigenvalue weighted by Gasteiger charge is 2.47. The van der Waals surface area contributed by atoms with E-state index in [9.17, 15) is 9.59 Å². The van der Waals surface area contributed by atoms with Gasteiger partial charge in [-0.1, -0.05) is 0 Å². The molecule has 1 saturated heterocycles. The lowest BCUT2D eigenvalue weighted by atomic mass is 9.88. The lowest BCUT2D eigenvalue weighted by molar-refractivity contribution is -0.135. The molecular weight excluding hydrogens is 298 g/mol. The van der Waals surface area contributed by atoms with E-state index in [1.165, 1.54) is 0 Å². The maximum absolute atomic E-state index is 12.3. The average molecular weight is 317 g/mol. The van der Waals surface area contributed by atoms with E-state index in [1.807, 2.05) is 12.1 Å². The number of nitrogens with one attached hydrogen (secondary N) is 1. The first kappa shape index (κ1) is 15.3. The van der Waals surface area contributed by atoms with Gasteiger partial charge < -0.3 is 14.8 Å². The first-order chi connectivity index (χ1) is 11.2. The fourth-order valence-electron chi connectivity index (χ4n) is 2.97. The zero-order valence-corrected chi connectivity index (χ0v) is 13.1. The van der Waals surface area contributed by atoms with Gasteiger partial charge in [0.15, 0.2) is 5.71 Å². The minimum atomic E-state index is -0.517. The van der Waals surface area contributed by atoms with Crippen molar-refractivity contribution in [2.75, 3.05) is 25.3 Å². The number of anilines is 1. The molecule has 2 heterocycles. The van der Waals surface area contributed by atoms with Gasteiger partial charge in [-0.2, -0.15) is 5.10 Å². The normalized spacial score (nSPS) is 23.0. The zero-order chi connectivity index (χ0) is 16.4. The molecule has 1 aromatic carbocycles. The minimum absolute atomic E-state index is 0.125. The van der Waals surface area contributed by atoms with Crippen LogP contribution in [0.15, 0.2) is 29.4 Å². The topological polar surface area (TPSA) is 80.2 Å². The Hall–Kier alpha value is -2.57. The summed E-state index contributed by atoms with van der Waals surface area (Å²) in [4.78, 5) is 24.5. The van der Waals surface area contributed by atoms with Crippen LogP contribution in [0.1, 0.15) is 13.3 Å². The van der Waals surface area contributed by atoms with Crippen LogP contribution in [0.2, 0.25) is 0 Å². The number of methoxy groups -OCH3 is 1. The Bertz CT molecular complexity index is 641. The summed E-state index contributed by atoms with van der Waals surface area (Å²) in [6, 6.07) is 6.70. The number of amides is 1. The third-order valence-corrected chi connectivity index (χ3v) is 4.06. The van der Waals surface area contributed by atoms with Gasteiger partial charge in [0.25, 0.3) is 0 Å². The SMILES string of the molecule is CCOC(=O)C1=NN(c2ccc(OC)cc2)[C@H]2C(=O)NCC[C@H]12. The highest BCUT2D eigenvalue weighted by atomic mass is 16.5. The molecule has 23 heavy (non-hydrogen) atoms. The Morgan fingerprint density at radius 3 is 2.78 bits per heavy atom. The van der Waals surface area contributed by atoms with E-state index in [2.05, 4.69) is 10.4 Å². The summed E-state index contributed by atoms with van der Waals surface area (Å²) in [6.07, 6.45) is 0.667. The predicted octanol–water partition coefficient (Wildman–Crippen LogP) is 0.939. The van der Waals surface area contributed by atoms with Crippen LogP contribution >= 0.6 is 0 Å². The molecule has 1 fully saturated rings. The highest BCUT2D eigenvalue weighted by Crippen LogP contribution is 2.33. The lowest BCUT2D eigenvalue weighted by Gasteiger charge is -2.30. The van der Waals surface area contributed by atoms with Gasteiger partial charge in [-0.15, -0.1) is 0 Å². The standard InChI is InChI=1S/C16H19N3O4/c1-3-23-16(21)13-12-8-9-17-15(20)14(12)19(18-13)10-4-6-11(22-2)7-5-10/h4-7,12,14H,3,8-9H2,1-2H3,(H,17,20)/t12-,14-/m1/s1. The van der Waals surface area contributed by atoms with Crippen molar-refractivity contribution in [1.29, 1.82) is 0 Å². The maximum Gasteiger partial charge on any atom is 0.354 e. The van der Waals surface area contributed by atoms with Crippen LogP contribution in [0.25, 0.3) is 0 Å². The molecule has 0 spiro atoms. The number of hydrogen-bond acceptors (Lipinski definition) is 6. The van der Waals surface area contributed by atoms with Gasteiger partial charge in [0.1, 0.15) is 11.8 Å². The fourth-order valence-corrected chi connectivity index (χ4v) is 2.97. The van der Waals surface area contributed by atoms with Crippen LogP contribution < -0.4 is 15.1 Å². The number of hydrazone groups is 1. The number of nitrogens with zero attached hydrogens (tertiary/aromatic N) is 2. The fraction of sp³-hybridized carbons (Fsp3) is 0.438. The van der Waals surface area contributed by atoms with E-state index in [1.54, 1.807) is 31.2 Å². The molecule has 1 amide bonds. The highest BCUT2D eigenvalue weighted by molar-refractivity contribution is 6.39. The molecular formula is C16H19N3O4. The second-order valence-electron chi connectivity index (χ2n) is 5.38. The largest absolute Gasteiger partial charge is 0.497 e. The number of piperidine rings is 1. The van der Waals surface area contributed by atoms with E-state index in [0.717, 1.165) is 5.69 Å². The average Bonchev–Trinajstić information content (AvgIpc) is 2.96. The van der Waals surface area contributed by atoms with Gasteiger partial charge in [-0.3, -0.25) is 9.80 Å². The van der Waals surface area contributed by atoms with Crippen molar-refractivity contribution < 1.29 is 19.1 Å². The summed E-state index contributed by atoms with van der Waals surface area (Å²) in [5.74, 6) is -0.106. The maximum atomic E-state index is 12.3. The van der Waals surface area contributed by atoms with Crippen LogP contribution in [0.4, 0.5) is 5.69 Å². The smallest absolute Gasteiger partial charge is 0.354 e. The molecule has 2 atom stereocenters. The van der Waals surface area contributed by atoms with Crippen molar-refractivity contribution in [3.63, 3.8) is 0 Å². The van der Waals surface area contributed by atoms with Crippen molar-refractivity contribution in [2.24, 2.45) is 11.0 Å². The van der Waals surface area contributed by atoms with E-state index in [0.29, 0.717) is 24.4 Å². The molecule has 0 unspecified atom stereocenters. The number of fused-ring (bicyclic) bond motifs is 1. The molecule has 2 aliphatic rings. The van der Waals surface area contributed by atoms with E-state index < -0.39 is 12.0 Å². The second-order valence-corrected chi connectivity index (χ2v) is 5.38. The minimum Gasteiger partial charge on any atom is -0.497 e. The van der Waals surface area contributed by atoms with E-state index in [4.69, 9.17) is 9.47 Å². The first-order valence-corrected chi connectivity index (χ1v) is 7.62. The number of esters is 1. The number of carbonyl (C=O) groups excluding carboxylic acids is 2. The van der Waals surface area contributed by atoms with Crippen molar-refractivity contribution in [3.05, 3.63) is 24.3 Å². The number of hydrogen-bond donors (Lipinski definition) is 1. The van der Waals surface area contributed by atoms with Crippen LogP contribution in [0.5, 0.6) is 5.75 Å². The molecule has 0 aliphatic carbocycles. The van der Waals surface area contributed by atoms with Gasteiger partial charge in [-0.25, -0.2) is 4.79 Å². The summed E-state index contributed by atoms with van der Waals surface area (Å²) in [5.41, 5.74) is 1.06. The molecule has 0 saturated carbocycles. The van der Waals surface area contributed by atoms with Crippen LogP contribution in [0.3, 0.4) is 0 Å². The molecule has 2 aliphatic heterocycles. The zero-order valence-electron chi connectivity index (χ0n) is 13.1. The Kier molecular flexibility index (Phi) is 4.18. The number of benzene rings is 1. The molecule has 122 valence electrons. The second kappa shape index (κ2) is 6.28. The summed E-state index contributed by atoms with van der Waals surface area (Å²) < 4.78 is 10.2. The molecule has 1 N–H and O–H groups in total. The summed E-state index contributed by atoms with van der Waals surface area (Å²) in [6.45, 7) is 2.57.